The van der Waals surface area contributed by atoms with Crippen LogP contribution < -0.4 is 10.1 Å². The Bertz CT molecular complexity index is 728. The van der Waals surface area contributed by atoms with E-state index < -0.39 is 5.97 Å². The van der Waals surface area contributed by atoms with Crippen LogP contribution in [0.2, 0.25) is 0 Å². The number of nitrogens with one attached hydrogen (secondary N) is 1. The summed E-state index contributed by atoms with van der Waals surface area (Å²) in [5.74, 6) is -0.540. The Morgan fingerprint density at radius 2 is 1.83 bits per heavy atom. The van der Waals surface area contributed by atoms with Crippen molar-refractivity contribution < 1.29 is 23.5 Å². The second-order valence-electron chi connectivity index (χ2n) is 5.16. The number of amides is 1. The predicted octanol–water partition coefficient (Wildman–Crippen LogP) is 2.62. The van der Waals surface area contributed by atoms with Crippen molar-refractivity contribution >= 4 is 11.9 Å². The summed E-state index contributed by atoms with van der Waals surface area (Å²) in [5, 5.41) is 2.69. The third-order valence-corrected chi connectivity index (χ3v) is 3.36. The highest BCUT2D eigenvalue weighted by Gasteiger charge is 2.07. The Morgan fingerprint density at radius 3 is 2.46 bits per heavy atom. The quantitative estimate of drug-likeness (QED) is 0.827. The van der Waals surface area contributed by atoms with Gasteiger partial charge in [-0.25, -0.2) is 9.18 Å². The van der Waals surface area contributed by atoms with E-state index in [0.29, 0.717) is 23.4 Å². The molecule has 24 heavy (non-hydrogen) atoms. The Morgan fingerprint density at radius 1 is 1.12 bits per heavy atom. The summed E-state index contributed by atoms with van der Waals surface area (Å²) in [6.07, 6.45) is 0. The molecule has 0 heterocycles. The average molecular weight is 331 g/mol. The van der Waals surface area contributed by atoms with Gasteiger partial charge in [-0.15, -0.1) is 0 Å². The standard InChI is InChI=1S/C18H18FNO4/c1-12-9-13(3-8-16(12)19)10-20-17(21)11-24-15-6-4-14(5-7-15)18(22)23-2/h3-9H,10-11H2,1-2H3,(H,20,21). The van der Waals surface area contributed by atoms with Gasteiger partial charge in [0.05, 0.1) is 12.7 Å². The lowest BCUT2D eigenvalue weighted by Gasteiger charge is -2.09. The molecule has 1 amide bonds. The molecule has 0 atom stereocenters. The minimum Gasteiger partial charge on any atom is -0.484 e. The molecule has 1 N–H and O–H groups in total. The Labute approximate surface area is 139 Å². The van der Waals surface area contributed by atoms with Crippen LogP contribution in [0.25, 0.3) is 0 Å². The second-order valence-corrected chi connectivity index (χ2v) is 5.16. The number of esters is 1. The summed E-state index contributed by atoms with van der Waals surface area (Å²) in [6.45, 7) is 1.81. The van der Waals surface area contributed by atoms with Gasteiger partial charge in [-0.3, -0.25) is 4.79 Å². The van der Waals surface area contributed by atoms with Crippen LogP contribution in [0.5, 0.6) is 5.75 Å². The number of carbonyl (C=O) groups is 2. The number of aryl methyl sites for hydroxylation is 1. The van der Waals surface area contributed by atoms with Crippen LogP contribution in [0.1, 0.15) is 21.5 Å². The maximum atomic E-state index is 13.2. The van der Waals surface area contributed by atoms with Gasteiger partial charge in [-0.1, -0.05) is 12.1 Å². The first kappa shape index (κ1) is 17.5. The number of rotatable bonds is 6. The number of hydrogen-bond acceptors (Lipinski definition) is 4. The molecule has 2 aromatic carbocycles. The number of methoxy groups -OCH3 is 1. The van der Waals surface area contributed by atoms with Crippen molar-refractivity contribution in [2.24, 2.45) is 0 Å². The van der Waals surface area contributed by atoms with Crippen LogP contribution in [0.15, 0.2) is 42.5 Å². The van der Waals surface area contributed by atoms with Gasteiger partial charge >= 0.3 is 5.97 Å². The molecule has 2 rings (SSSR count). The summed E-state index contributed by atoms with van der Waals surface area (Å²) < 4.78 is 23.1. The normalized spacial score (nSPS) is 10.1. The van der Waals surface area contributed by atoms with E-state index in [1.54, 1.807) is 43.3 Å². The summed E-state index contributed by atoms with van der Waals surface area (Å²) in [4.78, 5) is 23.1. The number of hydrogen-bond donors (Lipinski definition) is 1. The molecule has 0 spiro atoms. The molecule has 126 valence electrons. The molecule has 5 nitrogen and oxygen atoms in total. The smallest absolute Gasteiger partial charge is 0.337 e. The van der Waals surface area contributed by atoms with Crippen molar-refractivity contribution in [1.29, 1.82) is 0 Å². The molecule has 0 aromatic heterocycles. The number of benzene rings is 2. The summed E-state index contributed by atoms with van der Waals surface area (Å²) in [5.41, 5.74) is 1.74. The van der Waals surface area contributed by atoms with E-state index in [2.05, 4.69) is 10.1 Å². The zero-order valence-electron chi connectivity index (χ0n) is 13.5. The number of halogens is 1. The molecular formula is C18H18FNO4. The van der Waals surface area contributed by atoms with Crippen molar-refractivity contribution in [1.82, 2.24) is 5.32 Å². The SMILES string of the molecule is COC(=O)c1ccc(OCC(=O)NCc2ccc(F)c(C)c2)cc1. The minimum atomic E-state index is -0.436. The highest BCUT2D eigenvalue weighted by Crippen LogP contribution is 2.13. The van der Waals surface area contributed by atoms with Crippen molar-refractivity contribution in [3.63, 3.8) is 0 Å². The lowest BCUT2D eigenvalue weighted by Crippen LogP contribution is -2.28. The van der Waals surface area contributed by atoms with Crippen LogP contribution in [-0.4, -0.2) is 25.6 Å². The Hall–Kier alpha value is -2.89. The number of carbonyl (C=O) groups excluding carboxylic acids is 2. The van der Waals surface area contributed by atoms with E-state index in [9.17, 15) is 14.0 Å². The largest absolute Gasteiger partial charge is 0.484 e. The van der Waals surface area contributed by atoms with E-state index in [1.165, 1.54) is 13.2 Å². The van der Waals surface area contributed by atoms with Crippen molar-refractivity contribution in [3.05, 3.63) is 65.0 Å². The van der Waals surface area contributed by atoms with Gasteiger partial charge in [0.15, 0.2) is 6.61 Å². The van der Waals surface area contributed by atoms with Gasteiger partial charge < -0.3 is 14.8 Å². The van der Waals surface area contributed by atoms with Crippen LogP contribution in [0.3, 0.4) is 0 Å². The zero-order chi connectivity index (χ0) is 17.5. The van der Waals surface area contributed by atoms with E-state index in [-0.39, 0.29) is 18.3 Å². The third-order valence-electron chi connectivity index (χ3n) is 3.36. The van der Waals surface area contributed by atoms with Crippen molar-refractivity contribution in [3.8, 4) is 5.75 Å². The first-order valence-corrected chi connectivity index (χ1v) is 7.32. The van der Waals surface area contributed by atoms with Crippen LogP contribution >= 0.6 is 0 Å². The van der Waals surface area contributed by atoms with Crippen LogP contribution in [0.4, 0.5) is 4.39 Å². The van der Waals surface area contributed by atoms with E-state index in [0.717, 1.165) is 5.56 Å². The number of ether oxygens (including phenoxy) is 2. The lowest BCUT2D eigenvalue weighted by molar-refractivity contribution is -0.123. The lowest BCUT2D eigenvalue weighted by atomic mass is 10.1. The molecule has 6 heteroatoms. The average Bonchev–Trinajstić information content (AvgIpc) is 2.60. The van der Waals surface area contributed by atoms with E-state index in [1.807, 2.05) is 0 Å². The monoisotopic (exact) mass is 331 g/mol. The Kier molecular flexibility index (Phi) is 5.89. The van der Waals surface area contributed by atoms with E-state index >= 15 is 0 Å². The highest BCUT2D eigenvalue weighted by molar-refractivity contribution is 5.89. The molecule has 0 saturated heterocycles. The van der Waals surface area contributed by atoms with Gasteiger partial charge in [0.2, 0.25) is 0 Å². The minimum absolute atomic E-state index is 0.155. The van der Waals surface area contributed by atoms with E-state index in [4.69, 9.17) is 4.74 Å². The molecule has 0 radical (unpaired) electrons. The van der Waals surface area contributed by atoms with Gasteiger partial charge in [0.1, 0.15) is 11.6 Å². The fraction of sp³-hybridized carbons (Fsp3) is 0.222. The fourth-order valence-electron chi connectivity index (χ4n) is 2.02. The molecule has 0 aliphatic heterocycles. The van der Waals surface area contributed by atoms with Crippen LogP contribution in [0, 0.1) is 12.7 Å². The maximum Gasteiger partial charge on any atom is 0.337 e. The molecule has 2 aromatic rings. The van der Waals surface area contributed by atoms with Crippen molar-refractivity contribution in [2.45, 2.75) is 13.5 Å². The fourth-order valence-corrected chi connectivity index (χ4v) is 2.02. The summed E-state index contributed by atoms with van der Waals surface area (Å²) >= 11 is 0. The van der Waals surface area contributed by atoms with Gasteiger partial charge in [0.25, 0.3) is 5.91 Å². The predicted molar refractivity (Wildman–Crippen MR) is 86.3 cm³/mol. The highest BCUT2D eigenvalue weighted by atomic mass is 19.1. The maximum absolute atomic E-state index is 13.2. The van der Waals surface area contributed by atoms with Crippen molar-refractivity contribution in [2.75, 3.05) is 13.7 Å². The van der Waals surface area contributed by atoms with Crippen LogP contribution in [-0.2, 0) is 16.1 Å². The van der Waals surface area contributed by atoms with Gasteiger partial charge in [-0.05, 0) is 48.4 Å². The Balaban J connectivity index is 1.80. The van der Waals surface area contributed by atoms with Gasteiger partial charge in [-0.2, -0.15) is 0 Å². The first-order valence-electron chi connectivity index (χ1n) is 7.32. The first-order chi connectivity index (χ1) is 11.5. The molecular weight excluding hydrogens is 313 g/mol. The summed E-state index contributed by atoms with van der Waals surface area (Å²) in [7, 11) is 1.31. The molecule has 0 aliphatic carbocycles. The molecule has 0 unspecified atom stereocenters. The topological polar surface area (TPSA) is 64.6 Å². The molecule has 0 saturated carbocycles. The third kappa shape index (κ3) is 4.81. The molecule has 0 bridgehead atoms. The molecule has 0 aliphatic rings. The second kappa shape index (κ2) is 8.10. The molecule has 0 fully saturated rings. The zero-order valence-corrected chi connectivity index (χ0v) is 13.5. The summed E-state index contributed by atoms with van der Waals surface area (Å²) in [6, 6.07) is 11.0. The van der Waals surface area contributed by atoms with Gasteiger partial charge in [0, 0.05) is 6.54 Å².